The van der Waals surface area contributed by atoms with Crippen molar-refractivity contribution in [1.82, 2.24) is 10.2 Å². The first kappa shape index (κ1) is 16.3. The van der Waals surface area contributed by atoms with Crippen molar-refractivity contribution in [3.63, 3.8) is 0 Å². The SMILES string of the molecule is C[C@@H]1C[C@@H](C)CN([C@@H](C)C(=O)NCc2ccc(Cl)cc2)C1. The van der Waals surface area contributed by atoms with E-state index in [1.165, 1.54) is 6.42 Å². The van der Waals surface area contributed by atoms with Crippen molar-refractivity contribution in [3.8, 4) is 0 Å². The molecule has 1 aromatic rings. The third-order valence-corrected chi connectivity index (χ3v) is 4.46. The molecule has 2 rings (SSSR count). The summed E-state index contributed by atoms with van der Waals surface area (Å²) in [6.45, 7) is 9.11. The first-order chi connectivity index (χ1) is 9.95. The predicted octanol–water partition coefficient (Wildman–Crippen LogP) is 3.32. The van der Waals surface area contributed by atoms with E-state index in [1.54, 1.807) is 0 Å². The van der Waals surface area contributed by atoms with Gasteiger partial charge in [0.05, 0.1) is 6.04 Å². The number of nitrogens with zero attached hydrogens (tertiary/aromatic N) is 1. The summed E-state index contributed by atoms with van der Waals surface area (Å²) < 4.78 is 0. The summed E-state index contributed by atoms with van der Waals surface area (Å²) in [4.78, 5) is 14.6. The maximum absolute atomic E-state index is 12.3. The van der Waals surface area contributed by atoms with E-state index < -0.39 is 0 Å². The molecule has 0 bridgehead atoms. The molecule has 1 aliphatic heterocycles. The van der Waals surface area contributed by atoms with Gasteiger partial charge in [0.15, 0.2) is 0 Å². The molecule has 0 aromatic heterocycles. The zero-order valence-corrected chi connectivity index (χ0v) is 13.9. The van der Waals surface area contributed by atoms with Crippen LogP contribution in [-0.2, 0) is 11.3 Å². The maximum Gasteiger partial charge on any atom is 0.237 e. The normalized spacial score (nSPS) is 24.6. The Kier molecular flexibility index (Phi) is 5.65. The Labute approximate surface area is 132 Å². The first-order valence-electron chi connectivity index (χ1n) is 7.72. The Morgan fingerprint density at radius 2 is 1.86 bits per heavy atom. The number of hydrogen-bond acceptors (Lipinski definition) is 2. The van der Waals surface area contributed by atoms with Crippen LogP contribution in [0.1, 0.15) is 32.8 Å². The van der Waals surface area contributed by atoms with Crippen molar-refractivity contribution in [1.29, 1.82) is 0 Å². The summed E-state index contributed by atoms with van der Waals surface area (Å²) >= 11 is 5.86. The van der Waals surface area contributed by atoms with Crippen molar-refractivity contribution >= 4 is 17.5 Å². The molecule has 0 unspecified atom stereocenters. The highest BCUT2D eigenvalue weighted by atomic mass is 35.5. The Balaban J connectivity index is 1.86. The number of likely N-dealkylation sites (tertiary alicyclic amines) is 1. The van der Waals surface area contributed by atoms with E-state index in [9.17, 15) is 4.79 Å². The molecule has 1 aliphatic rings. The highest BCUT2D eigenvalue weighted by Gasteiger charge is 2.28. The number of hydrogen-bond donors (Lipinski definition) is 1. The number of halogens is 1. The van der Waals surface area contributed by atoms with Crippen LogP contribution in [0.15, 0.2) is 24.3 Å². The lowest BCUT2D eigenvalue weighted by Gasteiger charge is -2.38. The van der Waals surface area contributed by atoms with Crippen molar-refractivity contribution in [2.24, 2.45) is 11.8 Å². The van der Waals surface area contributed by atoms with Crippen LogP contribution in [0, 0.1) is 11.8 Å². The monoisotopic (exact) mass is 308 g/mol. The summed E-state index contributed by atoms with van der Waals surface area (Å²) in [6, 6.07) is 7.51. The minimum absolute atomic E-state index is 0.0671. The van der Waals surface area contributed by atoms with Gasteiger partial charge in [-0.2, -0.15) is 0 Å². The van der Waals surface area contributed by atoms with E-state index in [4.69, 9.17) is 11.6 Å². The van der Waals surface area contributed by atoms with Crippen LogP contribution in [0.3, 0.4) is 0 Å². The van der Waals surface area contributed by atoms with Gasteiger partial charge in [-0.3, -0.25) is 9.69 Å². The summed E-state index contributed by atoms with van der Waals surface area (Å²) in [5.41, 5.74) is 1.07. The average molecular weight is 309 g/mol. The number of amides is 1. The van der Waals surface area contributed by atoms with Crippen LogP contribution in [0.4, 0.5) is 0 Å². The fraction of sp³-hybridized carbons (Fsp3) is 0.588. The fourth-order valence-corrected chi connectivity index (χ4v) is 3.26. The first-order valence-corrected chi connectivity index (χ1v) is 8.09. The van der Waals surface area contributed by atoms with Gasteiger partial charge in [0.2, 0.25) is 5.91 Å². The number of carbonyl (C=O) groups is 1. The molecular formula is C17H25ClN2O. The molecule has 1 N–H and O–H groups in total. The van der Waals surface area contributed by atoms with E-state index in [1.807, 2.05) is 31.2 Å². The number of piperidine rings is 1. The van der Waals surface area contributed by atoms with Crippen LogP contribution in [0.2, 0.25) is 5.02 Å². The zero-order valence-electron chi connectivity index (χ0n) is 13.1. The van der Waals surface area contributed by atoms with Crippen molar-refractivity contribution in [3.05, 3.63) is 34.9 Å². The Hall–Kier alpha value is -1.06. The molecule has 1 saturated heterocycles. The highest BCUT2D eigenvalue weighted by molar-refractivity contribution is 6.30. The van der Waals surface area contributed by atoms with Crippen molar-refractivity contribution < 1.29 is 4.79 Å². The third kappa shape index (κ3) is 4.72. The van der Waals surface area contributed by atoms with E-state index in [0.717, 1.165) is 23.7 Å². The molecule has 21 heavy (non-hydrogen) atoms. The number of nitrogens with one attached hydrogen (secondary N) is 1. The molecule has 0 aliphatic carbocycles. The second kappa shape index (κ2) is 7.28. The van der Waals surface area contributed by atoms with Gasteiger partial charge in [0.1, 0.15) is 0 Å². The Bertz CT molecular complexity index is 464. The number of benzene rings is 1. The zero-order chi connectivity index (χ0) is 15.4. The molecule has 1 amide bonds. The second-order valence-corrected chi connectivity index (χ2v) is 6.86. The van der Waals surface area contributed by atoms with E-state index in [-0.39, 0.29) is 11.9 Å². The molecule has 1 aromatic carbocycles. The lowest BCUT2D eigenvalue weighted by Crippen LogP contribution is -2.50. The maximum atomic E-state index is 12.3. The van der Waals surface area contributed by atoms with Crippen molar-refractivity contribution in [2.75, 3.05) is 13.1 Å². The van der Waals surface area contributed by atoms with Crippen LogP contribution in [-0.4, -0.2) is 29.9 Å². The van der Waals surface area contributed by atoms with Gasteiger partial charge in [-0.1, -0.05) is 37.6 Å². The van der Waals surface area contributed by atoms with E-state index in [0.29, 0.717) is 18.4 Å². The Morgan fingerprint density at radius 1 is 1.29 bits per heavy atom. The molecular weight excluding hydrogens is 284 g/mol. The van der Waals surface area contributed by atoms with Gasteiger partial charge in [-0.05, 0) is 42.9 Å². The van der Waals surface area contributed by atoms with Gasteiger partial charge >= 0.3 is 0 Å². The van der Waals surface area contributed by atoms with Crippen molar-refractivity contribution in [2.45, 2.75) is 39.8 Å². The average Bonchev–Trinajstić information content (AvgIpc) is 2.44. The topological polar surface area (TPSA) is 32.3 Å². The molecule has 3 atom stereocenters. The summed E-state index contributed by atoms with van der Waals surface area (Å²) in [6.07, 6.45) is 1.26. The van der Waals surface area contributed by atoms with E-state index in [2.05, 4.69) is 24.1 Å². The minimum Gasteiger partial charge on any atom is -0.351 e. The summed E-state index contributed by atoms with van der Waals surface area (Å²) in [5, 5.41) is 3.74. The van der Waals surface area contributed by atoms with Gasteiger partial charge in [0, 0.05) is 24.7 Å². The van der Waals surface area contributed by atoms with E-state index >= 15 is 0 Å². The molecule has 4 heteroatoms. The molecule has 1 heterocycles. The second-order valence-electron chi connectivity index (χ2n) is 6.42. The number of carbonyl (C=O) groups excluding carboxylic acids is 1. The molecule has 1 fully saturated rings. The lowest BCUT2D eigenvalue weighted by molar-refractivity contribution is -0.127. The smallest absolute Gasteiger partial charge is 0.237 e. The van der Waals surface area contributed by atoms with Gasteiger partial charge in [0.25, 0.3) is 0 Å². The fourth-order valence-electron chi connectivity index (χ4n) is 3.13. The molecule has 116 valence electrons. The minimum atomic E-state index is -0.0671. The van der Waals surface area contributed by atoms with Crippen LogP contribution in [0.25, 0.3) is 0 Å². The summed E-state index contributed by atoms with van der Waals surface area (Å²) in [5.74, 6) is 1.44. The lowest BCUT2D eigenvalue weighted by atomic mass is 9.91. The van der Waals surface area contributed by atoms with Crippen LogP contribution < -0.4 is 5.32 Å². The van der Waals surface area contributed by atoms with Gasteiger partial charge < -0.3 is 5.32 Å². The largest absolute Gasteiger partial charge is 0.351 e. The molecule has 3 nitrogen and oxygen atoms in total. The summed E-state index contributed by atoms with van der Waals surface area (Å²) in [7, 11) is 0. The number of rotatable bonds is 4. The van der Waals surface area contributed by atoms with Crippen LogP contribution in [0.5, 0.6) is 0 Å². The van der Waals surface area contributed by atoms with Gasteiger partial charge in [-0.25, -0.2) is 0 Å². The molecule has 0 saturated carbocycles. The highest BCUT2D eigenvalue weighted by Crippen LogP contribution is 2.22. The van der Waals surface area contributed by atoms with Gasteiger partial charge in [-0.15, -0.1) is 0 Å². The van der Waals surface area contributed by atoms with Crippen LogP contribution >= 0.6 is 11.6 Å². The predicted molar refractivity (Wildman–Crippen MR) is 87.3 cm³/mol. The Morgan fingerprint density at radius 3 is 2.43 bits per heavy atom. The molecule has 0 radical (unpaired) electrons. The standard InChI is InChI=1S/C17H25ClN2O/c1-12-8-13(2)11-20(10-12)14(3)17(21)19-9-15-4-6-16(18)7-5-15/h4-7,12-14H,8-11H2,1-3H3,(H,19,21)/t12-,13-,14+/m1/s1. The quantitative estimate of drug-likeness (QED) is 0.925. The molecule has 0 spiro atoms. The third-order valence-electron chi connectivity index (χ3n) is 4.20.